The molecular weight excluding hydrogens is 276 g/mol. The highest BCUT2D eigenvalue weighted by atomic mass is 16.5. The third-order valence-corrected chi connectivity index (χ3v) is 2.96. The van der Waals surface area contributed by atoms with Crippen LogP contribution in [-0.2, 0) is 9.59 Å². The van der Waals surface area contributed by atoms with Crippen LogP contribution in [0, 0.1) is 0 Å². The topological polar surface area (TPSA) is 109 Å². The summed E-state index contributed by atoms with van der Waals surface area (Å²) in [5.74, 6) is -1.45. The molecular formula is C14H14N2O5. The number of aliphatic carboxylic acids is 2. The summed E-state index contributed by atoms with van der Waals surface area (Å²) in [5.41, 5.74) is 0. The number of ether oxygens (including phenoxy) is 1. The van der Waals surface area contributed by atoms with Crippen molar-refractivity contribution in [3.05, 3.63) is 30.5 Å². The minimum absolute atomic E-state index is 0.323. The fraction of sp³-hybridized carbons (Fsp3) is 0.214. The Kier molecular flexibility index (Phi) is 4.22. The minimum Gasteiger partial charge on any atom is -0.497 e. The van der Waals surface area contributed by atoms with Crippen LogP contribution in [0.5, 0.6) is 5.75 Å². The normalized spacial score (nSPS) is 11.9. The van der Waals surface area contributed by atoms with E-state index in [1.54, 1.807) is 31.4 Å². The number of hydrogen-bond donors (Lipinski definition) is 3. The summed E-state index contributed by atoms with van der Waals surface area (Å²) in [6.07, 6.45) is 0.980. The number of benzene rings is 1. The summed E-state index contributed by atoms with van der Waals surface area (Å²) < 4.78 is 5.12. The zero-order valence-corrected chi connectivity index (χ0v) is 11.2. The van der Waals surface area contributed by atoms with Crippen LogP contribution < -0.4 is 10.1 Å². The lowest BCUT2D eigenvalue weighted by molar-refractivity contribution is -0.144. The van der Waals surface area contributed by atoms with Crippen LogP contribution in [0.15, 0.2) is 30.5 Å². The van der Waals surface area contributed by atoms with E-state index < -0.39 is 24.4 Å². The third-order valence-electron chi connectivity index (χ3n) is 2.96. The summed E-state index contributed by atoms with van der Waals surface area (Å²) in [7, 11) is 1.55. The third kappa shape index (κ3) is 3.38. The molecule has 0 bridgehead atoms. The van der Waals surface area contributed by atoms with Crippen LogP contribution in [0.3, 0.4) is 0 Å². The van der Waals surface area contributed by atoms with Gasteiger partial charge in [0.1, 0.15) is 17.6 Å². The summed E-state index contributed by atoms with van der Waals surface area (Å²) in [5, 5.41) is 22.0. The first-order chi connectivity index (χ1) is 10.0. The summed E-state index contributed by atoms with van der Waals surface area (Å²) in [4.78, 5) is 25.9. The maximum atomic E-state index is 11.1. The maximum Gasteiger partial charge on any atom is 0.326 e. The molecule has 0 aliphatic carbocycles. The molecule has 0 aliphatic heterocycles. The molecule has 1 aromatic heterocycles. The molecule has 110 valence electrons. The second kappa shape index (κ2) is 6.08. The molecule has 7 nitrogen and oxygen atoms in total. The molecule has 1 aromatic carbocycles. The quantitative estimate of drug-likeness (QED) is 0.741. The van der Waals surface area contributed by atoms with Gasteiger partial charge in [-0.2, -0.15) is 0 Å². The molecule has 0 spiro atoms. The SMILES string of the molecule is COc1ccc2c(NC(CC(=O)O)C(=O)O)nccc2c1. The van der Waals surface area contributed by atoms with Crippen molar-refractivity contribution in [2.45, 2.75) is 12.5 Å². The predicted octanol–water partition coefficient (Wildman–Crippen LogP) is 1.58. The number of nitrogens with zero attached hydrogens (tertiary/aromatic N) is 1. The van der Waals surface area contributed by atoms with E-state index in [2.05, 4.69) is 10.3 Å². The van der Waals surface area contributed by atoms with E-state index in [-0.39, 0.29) is 0 Å². The van der Waals surface area contributed by atoms with Crippen LogP contribution >= 0.6 is 0 Å². The summed E-state index contributed by atoms with van der Waals surface area (Å²) in [6, 6.07) is 5.76. The van der Waals surface area contributed by atoms with Gasteiger partial charge in [-0.25, -0.2) is 9.78 Å². The number of methoxy groups -OCH3 is 1. The van der Waals surface area contributed by atoms with Crippen molar-refractivity contribution in [3.8, 4) is 5.75 Å². The average Bonchev–Trinajstić information content (AvgIpc) is 2.45. The van der Waals surface area contributed by atoms with E-state index >= 15 is 0 Å². The van der Waals surface area contributed by atoms with E-state index in [4.69, 9.17) is 14.9 Å². The van der Waals surface area contributed by atoms with Crippen molar-refractivity contribution < 1.29 is 24.5 Å². The van der Waals surface area contributed by atoms with Gasteiger partial charge < -0.3 is 20.3 Å². The molecule has 0 aliphatic rings. The smallest absolute Gasteiger partial charge is 0.326 e. The van der Waals surface area contributed by atoms with Gasteiger partial charge in [-0.15, -0.1) is 0 Å². The van der Waals surface area contributed by atoms with E-state index in [9.17, 15) is 9.59 Å². The van der Waals surface area contributed by atoms with Crippen molar-refractivity contribution in [3.63, 3.8) is 0 Å². The lowest BCUT2D eigenvalue weighted by atomic mass is 10.1. The molecule has 0 saturated heterocycles. The number of fused-ring (bicyclic) bond motifs is 1. The Bertz CT molecular complexity index is 686. The number of carboxylic acid groups (broad SMARTS) is 2. The number of carbonyl (C=O) groups is 2. The molecule has 21 heavy (non-hydrogen) atoms. The summed E-state index contributed by atoms with van der Waals surface area (Å²) in [6.45, 7) is 0. The number of anilines is 1. The van der Waals surface area contributed by atoms with E-state index in [1.165, 1.54) is 6.20 Å². The Morgan fingerprint density at radius 3 is 2.71 bits per heavy atom. The first-order valence-corrected chi connectivity index (χ1v) is 6.15. The largest absolute Gasteiger partial charge is 0.497 e. The van der Waals surface area contributed by atoms with E-state index in [1.807, 2.05) is 0 Å². The lowest BCUT2D eigenvalue weighted by Gasteiger charge is -2.15. The molecule has 1 atom stereocenters. The Morgan fingerprint density at radius 2 is 2.10 bits per heavy atom. The molecule has 2 aromatic rings. The first-order valence-electron chi connectivity index (χ1n) is 6.15. The minimum atomic E-state index is -1.25. The van der Waals surface area contributed by atoms with Crippen molar-refractivity contribution in [2.75, 3.05) is 12.4 Å². The van der Waals surface area contributed by atoms with E-state index in [0.29, 0.717) is 17.0 Å². The molecule has 0 saturated carbocycles. The number of nitrogens with one attached hydrogen (secondary N) is 1. The Balaban J connectivity index is 2.37. The van der Waals surface area contributed by atoms with Gasteiger partial charge >= 0.3 is 11.9 Å². The molecule has 0 amide bonds. The van der Waals surface area contributed by atoms with Gasteiger partial charge in [-0.1, -0.05) is 0 Å². The van der Waals surface area contributed by atoms with Gasteiger partial charge in [0, 0.05) is 11.6 Å². The van der Waals surface area contributed by atoms with Gasteiger partial charge in [-0.05, 0) is 29.7 Å². The maximum absolute atomic E-state index is 11.1. The molecule has 0 fully saturated rings. The summed E-state index contributed by atoms with van der Waals surface area (Å²) >= 11 is 0. The number of carboxylic acids is 2. The van der Waals surface area contributed by atoms with E-state index in [0.717, 1.165) is 5.39 Å². The van der Waals surface area contributed by atoms with Crippen molar-refractivity contribution in [1.29, 1.82) is 0 Å². The average molecular weight is 290 g/mol. The second-order valence-corrected chi connectivity index (χ2v) is 4.38. The molecule has 1 heterocycles. The fourth-order valence-electron chi connectivity index (χ4n) is 1.94. The molecule has 0 radical (unpaired) electrons. The zero-order chi connectivity index (χ0) is 15.4. The van der Waals surface area contributed by atoms with Crippen molar-refractivity contribution in [2.24, 2.45) is 0 Å². The van der Waals surface area contributed by atoms with Crippen molar-refractivity contribution in [1.82, 2.24) is 4.98 Å². The zero-order valence-electron chi connectivity index (χ0n) is 11.2. The first kappa shape index (κ1) is 14.6. The molecule has 1 unspecified atom stereocenters. The second-order valence-electron chi connectivity index (χ2n) is 4.38. The standard InChI is InChI=1S/C14H14N2O5/c1-21-9-2-3-10-8(6-9)4-5-15-13(10)16-11(14(19)20)7-12(17)18/h2-6,11H,7H2,1H3,(H,15,16)(H,17,18)(H,19,20). The van der Waals surface area contributed by atoms with Crippen LogP contribution in [0.25, 0.3) is 10.8 Å². The van der Waals surface area contributed by atoms with Crippen LogP contribution in [-0.4, -0.2) is 40.3 Å². The van der Waals surface area contributed by atoms with Crippen LogP contribution in [0.2, 0.25) is 0 Å². The molecule has 2 rings (SSSR count). The number of rotatable bonds is 6. The van der Waals surface area contributed by atoms with Gasteiger partial charge in [0.25, 0.3) is 0 Å². The van der Waals surface area contributed by atoms with Gasteiger partial charge in [0.05, 0.1) is 13.5 Å². The van der Waals surface area contributed by atoms with Gasteiger partial charge in [-0.3, -0.25) is 4.79 Å². The highest BCUT2D eigenvalue weighted by Gasteiger charge is 2.21. The fourth-order valence-corrected chi connectivity index (χ4v) is 1.94. The predicted molar refractivity (Wildman–Crippen MR) is 75.6 cm³/mol. The molecule has 7 heteroatoms. The molecule has 3 N–H and O–H groups in total. The Hall–Kier alpha value is -2.83. The highest BCUT2D eigenvalue weighted by Crippen LogP contribution is 2.25. The monoisotopic (exact) mass is 290 g/mol. The van der Waals surface area contributed by atoms with Crippen LogP contribution in [0.4, 0.5) is 5.82 Å². The Morgan fingerprint density at radius 1 is 1.33 bits per heavy atom. The highest BCUT2D eigenvalue weighted by molar-refractivity contribution is 5.94. The van der Waals surface area contributed by atoms with Gasteiger partial charge in [0.15, 0.2) is 0 Å². The number of aromatic nitrogens is 1. The van der Waals surface area contributed by atoms with Crippen LogP contribution in [0.1, 0.15) is 6.42 Å². The number of pyridine rings is 1. The van der Waals surface area contributed by atoms with Gasteiger partial charge in [0.2, 0.25) is 0 Å². The lowest BCUT2D eigenvalue weighted by Crippen LogP contribution is -2.32. The van der Waals surface area contributed by atoms with Crippen molar-refractivity contribution >= 4 is 28.5 Å². The Labute approximate surface area is 120 Å². The number of hydrogen-bond acceptors (Lipinski definition) is 5.